The molecule has 2 aromatic rings. The van der Waals surface area contributed by atoms with E-state index in [0.717, 1.165) is 49.4 Å². The lowest BCUT2D eigenvalue weighted by Gasteiger charge is -2.32. The van der Waals surface area contributed by atoms with Gasteiger partial charge in [-0.05, 0) is 62.5 Å². The molecule has 0 saturated carbocycles. The molecule has 158 valence electrons. The molecule has 29 heavy (non-hydrogen) atoms. The average Bonchev–Trinajstić information content (AvgIpc) is 2.73. The lowest BCUT2D eigenvalue weighted by Crippen LogP contribution is -2.42. The molecular formula is C22H31ClIN5. The second kappa shape index (κ2) is 13.0. The fourth-order valence-electron chi connectivity index (χ4n) is 3.45. The normalized spacial score (nSPS) is 15.6. The zero-order chi connectivity index (χ0) is 19.6. The molecule has 1 aromatic carbocycles. The van der Waals surface area contributed by atoms with Gasteiger partial charge >= 0.3 is 0 Å². The van der Waals surface area contributed by atoms with Crippen LogP contribution in [0, 0.1) is 5.92 Å². The van der Waals surface area contributed by atoms with E-state index in [1.54, 1.807) is 0 Å². The van der Waals surface area contributed by atoms with E-state index in [2.05, 4.69) is 44.6 Å². The molecule has 2 N–H and O–H groups in total. The Morgan fingerprint density at radius 1 is 1.14 bits per heavy atom. The molecule has 1 fully saturated rings. The van der Waals surface area contributed by atoms with Gasteiger partial charge in [-0.1, -0.05) is 35.9 Å². The number of nitrogens with zero attached hydrogens (tertiary/aromatic N) is 3. The Kier molecular flexibility index (Phi) is 10.7. The van der Waals surface area contributed by atoms with E-state index in [9.17, 15) is 0 Å². The van der Waals surface area contributed by atoms with E-state index in [4.69, 9.17) is 11.6 Å². The third-order valence-electron chi connectivity index (χ3n) is 5.09. The van der Waals surface area contributed by atoms with Gasteiger partial charge < -0.3 is 10.6 Å². The highest BCUT2D eigenvalue weighted by molar-refractivity contribution is 14.0. The molecule has 5 nitrogen and oxygen atoms in total. The average molecular weight is 528 g/mol. The first-order chi connectivity index (χ1) is 13.7. The van der Waals surface area contributed by atoms with Crippen molar-refractivity contribution in [1.29, 1.82) is 0 Å². The predicted octanol–water partition coefficient (Wildman–Crippen LogP) is 4.32. The summed E-state index contributed by atoms with van der Waals surface area (Å²) in [6, 6.07) is 14.1. The highest BCUT2D eigenvalue weighted by atomic mass is 127. The minimum Gasteiger partial charge on any atom is -0.357 e. The van der Waals surface area contributed by atoms with Crippen molar-refractivity contribution in [1.82, 2.24) is 20.5 Å². The van der Waals surface area contributed by atoms with Crippen LogP contribution in [0.1, 0.15) is 31.0 Å². The zero-order valence-corrected chi connectivity index (χ0v) is 20.1. The Morgan fingerprint density at radius 3 is 2.59 bits per heavy atom. The second-order valence-electron chi connectivity index (χ2n) is 7.21. The van der Waals surface area contributed by atoms with E-state index >= 15 is 0 Å². The van der Waals surface area contributed by atoms with E-state index in [1.165, 1.54) is 18.4 Å². The smallest absolute Gasteiger partial charge is 0.191 e. The summed E-state index contributed by atoms with van der Waals surface area (Å²) in [5, 5.41) is 7.70. The number of aliphatic imine (C=N–C) groups is 1. The van der Waals surface area contributed by atoms with Gasteiger partial charge in [0.2, 0.25) is 0 Å². The number of benzene rings is 1. The number of nitrogens with one attached hydrogen (secondary N) is 2. The van der Waals surface area contributed by atoms with E-state index in [-0.39, 0.29) is 24.0 Å². The van der Waals surface area contributed by atoms with Gasteiger partial charge in [0.05, 0.1) is 12.2 Å². The van der Waals surface area contributed by atoms with Crippen LogP contribution in [0.2, 0.25) is 5.02 Å². The van der Waals surface area contributed by atoms with Crippen LogP contribution in [0.4, 0.5) is 0 Å². The highest BCUT2D eigenvalue weighted by Crippen LogP contribution is 2.21. The molecule has 2 heterocycles. The first kappa shape index (κ1) is 23.9. The van der Waals surface area contributed by atoms with Gasteiger partial charge in [-0.2, -0.15) is 0 Å². The van der Waals surface area contributed by atoms with Crippen LogP contribution in [0.3, 0.4) is 0 Å². The molecule has 3 rings (SSSR count). The van der Waals surface area contributed by atoms with Crippen LogP contribution >= 0.6 is 35.6 Å². The van der Waals surface area contributed by atoms with Gasteiger partial charge in [0.25, 0.3) is 0 Å². The molecule has 0 amide bonds. The summed E-state index contributed by atoms with van der Waals surface area (Å²) < 4.78 is 0. The van der Waals surface area contributed by atoms with Gasteiger partial charge in [-0.15, -0.1) is 24.0 Å². The summed E-state index contributed by atoms with van der Waals surface area (Å²) in [7, 11) is 0. The van der Waals surface area contributed by atoms with Gasteiger partial charge in [-0.3, -0.25) is 9.88 Å². The van der Waals surface area contributed by atoms with Gasteiger partial charge in [0.1, 0.15) is 0 Å². The van der Waals surface area contributed by atoms with E-state index in [0.29, 0.717) is 12.5 Å². The summed E-state index contributed by atoms with van der Waals surface area (Å²) in [6.45, 7) is 7.64. The summed E-state index contributed by atoms with van der Waals surface area (Å²) in [5.41, 5.74) is 2.20. The van der Waals surface area contributed by atoms with Crippen LogP contribution in [0.5, 0.6) is 0 Å². The minimum absolute atomic E-state index is 0. The Bertz CT molecular complexity index is 748. The monoisotopic (exact) mass is 527 g/mol. The Labute approximate surface area is 196 Å². The largest absolute Gasteiger partial charge is 0.357 e. The quantitative estimate of drug-likeness (QED) is 0.320. The fraction of sp³-hybridized carbons (Fsp3) is 0.455. The number of hydrogen-bond donors (Lipinski definition) is 2. The van der Waals surface area contributed by atoms with Crippen molar-refractivity contribution >= 4 is 41.5 Å². The zero-order valence-electron chi connectivity index (χ0n) is 17.0. The fourth-order valence-corrected chi connectivity index (χ4v) is 3.65. The van der Waals surface area contributed by atoms with Gasteiger partial charge in [0.15, 0.2) is 5.96 Å². The first-order valence-corrected chi connectivity index (χ1v) is 10.5. The molecule has 1 aliphatic heterocycles. The minimum atomic E-state index is 0. The van der Waals surface area contributed by atoms with Crippen molar-refractivity contribution < 1.29 is 0 Å². The number of likely N-dealkylation sites (tertiary alicyclic amines) is 1. The van der Waals surface area contributed by atoms with Crippen molar-refractivity contribution in [2.24, 2.45) is 10.9 Å². The molecule has 7 heteroatoms. The lowest BCUT2D eigenvalue weighted by atomic mass is 9.96. The number of pyridine rings is 1. The van der Waals surface area contributed by atoms with Crippen LogP contribution in [-0.4, -0.2) is 42.0 Å². The highest BCUT2D eigenvalue weighted by Gasteiger charge is 2.20. The predicted molar refractivity (Wildman–Crippen MR) is 132 cm³/mol. The Morgan fingerprint density at radius 2 is 1.90 bits per heavy atom. The van der Waals surface area contributed by atoms with Crippen LogP contribution in [0.25, 0.3) is 0 Å². The third-order valence-corrected chi connectivity index (χ3v) is 5.46. The van der Waals surface area contributed by atoms with Crippen LogP contribution in [0.15, 0.2) is 53.7 Å². The number of aromatic nitrogens is 1. The molecule has 1 aliphatic rings. The maximum Gasteiger partial charge on any atom is 0.191 e. The summed E-state index contributed by atoms with van der Waals surface area (Å²) in [4.78, 5) is 11.5. The van der Waals surface area contributed by atoms with Crippen molar-refractivity contribution in [3.8, 4) is 0 Å². The number of hydrogen-bond acceptors (Lipinski definition) is 3. The molecule has 1 saturated heterocycles. The number of guanidine groups is 1. The van der Waals surface area contributed by atoms with Crippen molar-refractivity contribution in [2.75, 3.05) is 26.2 Å². The van der Waals surface area contributed by atoms with Crippen LogP contribution < -0.4 is 10.6 Å². The van der Waals surface area contributed by atoms with Gasteiger partial charge in [-0.25, -0.2) is 4.99 Å². The molecule has 0 radical (unpaired) electrons. The van der Waals surface area contributed by atoms with Crippen LogP contribution in [-0.2, 0) is 13.1 Å². The van der Waals surface area contributed by atoms with Gasteiger partial charge in [0, 0.05) is 30.9 Å². The number of halogens is 2. The van der Waals surface area contributed by atoms with Crippen molar-refractivity contribution in [3.05, 3.63) is 64.9 Å². The molecule has 0 atom stereocenters. The summed E-state index contributed by atoms with van der Waals surface area (Å²) in [6.07, 6.45) is 4.19. The summed E-state index contributed by atoms with van der Waals surface area (Å²) in [5.74, 6) is 1.54. The molecule has 0 aliphatic carbocycles. The second-order valence-corrected chi connectivity index (χ2v) is 7.62. The Balaban J connectivity index is 0.00000300. The third kappa shape index (κ3) is 8.10. The molecule has 0 spiro atoms. The maximum atomic E-state index is 6.30. The topological polar surface area (TPSA) is 52.6 Å². The first-order valence-electron chi connectivity index (χ1n) is 10.1. The van der Waals surface area contributed by atoms with E-state index < -0.39 is 0 Å². The van der Waals surface area contributed by atoms with Crippen molar-refractivity contribution in [3.63, 3.8) is 0 Å². The summed E-state index contributed by atoms with van der Waals surface area (Å²) >= 11 is 6.30. The molecule has 0 unspecified atom stereocenters. The molecular weight excluding hydrogens is 497 g/mol. The number of piperidine rings is 1. The SMILES string of the molecule is CCNC(=NCc1ccccn1)NCC1CCN(Cc2ccccc2Cl)CC1.I. The molecule has 1 aromatic heterocycles. The van der Waals surface area contributed by atoms with E-state index in [1.807, 2.05) is 36.5 Å². The standard InChI is InChI=1S/C22H30ClN5.HI/c1-2-24-22(27-16-20-8-5-6-12-25-20)26-15-18-10-13-28(14-11-18)17-19-7-3-4-9-21(19)23;/h3-9,12,18H,2,10-11,13-17H2,1H3,(H2,24,26,27);1H. The number of rotatable bonds is 7. The van der Waals surface area contributed by atoms with Crippen molar-refractivity contribution in [2.45, 2.75) is 32.9 Å². The molecule has 0 bridgehead atoms. The lowest BCUT2D eigenvalue weighted by molar-refractivity contribution is 0.178. The maximum absolute atomic E-state index is 6.30. The Hall–Kier alpha value is -1.38.